The quantitative estimate of drug-likeness (QED) is 0.565. The Bertz CT molecular complexity index is 772. The molecule has 0 saturated heterocycles. The lowest BCUT2D eigenvalue weighted by Crippen LogP contribution is -2.22. The van der Waals surface area contributed by atoms with Crippen LogP contribution in [0.25, 0.3) is 0 Å². The Labute approximate surface area is 154 Å². The number of Topliss-reactive ketones (excluding diaryl/α,β-unsaturated/α-hetero) is 1. The second-order valence-electron chi connectivity index (χ2n) is 5.35. The third-order valence-electron chi connectivity index (χ3n) is 3.34. The molecule has 0 atom stereocenters. The molecule has 0 aliphatic rings. The van der Waals surface area contributed by atoms with E-state index in [1.165, 1.54) is 18.3 Å². The van der Waals surface area contributed by atoms with Crippen molar-refractivity contribution >= 4 is 40.6 Å². The molecule has 0 saturated carbocycles. The van der Waals surface area contributed by atoms with Gasteiger partial charge in [0, 0.05) is 23.4 Å². The van der Waals surface area contributed by atoms with E-state index in [1.807, 2.05) is 6.07 Å². The minimum atomic E-state index is -0.496. The van der Waals surface area contributed by atoms with Crippen LogP contribution >= 0.6 is 22.9 Å². The summed E-state index contributed by atoms with van der Waals surface area (Å²) in [5.41, 5.74) is 0.665. The number of benzene rings is 1. The summed E-state index contributed by atoms with van der Waals surface area (Å²) in [4.78, 5) is 36.3. The number of ether oxygens (including phenoxy) is 1. The molecule has 132 valence electrons. The first-order valence-electron chi connectivity index (χ1n) is 7.71. The van der Waals surface area contributed by atoms with Gasteiger partial charge in [0.2, 0.25) is 11.7 Å². The Morgan fingerprint density at radius 2 is 1.92 bits per heavy atom. The maximum Gasteiger partial charge on any atom is 0.310 e. The molecule has 1 N–H and O–H groups in total. The first kappa shape index (κ1) is 19.1. The maximum absolute atomic E-state index is 12.1. The number of ketones is 1. The molecule has 1 amide bonds. The molecule has 0 aliphatic heterocycles. The van der Waals surface area contributed by atoms with Crippen LogP contribution in [0.1, 0.15) is 27.0 Å². The van der Waals surface area contributed by atoms with Crippen molar-refractivity contribution in [3.8, 4) is 0 Å². The smallest absolute Gasteiger partial charge is 0.310 e. The minimum absolute atomic E-state index is 0.0271. The number of rotatable bonds is 8. The van der Waals surface area contributed by atoms with Gasteiger partial charge in [-0.2, -0.15) is 0 Å². The molecule has 2 rings (SSSR count). The highest BCUT2D eigenvalue weighted by Crippen LogP contribution is 2.18. The van der Waals surface area contributed by atoms with Crippen LogP contribution in [0.2, 0.25) is 5.02 Å². The molecular formula is C18H18ClNO4S. The summed E-state index contributed by atoms with van der Waals surface area (Å²) in [6.45, 7) is 1.69. The Kier molecular flexibility index (Phi) is 7.16. The fraction of sp³-hybridized carbons (Fsp3) is 0.278. The van der Waals surface area contributed by atoms with Gasteiger partial charge in [-0.15, -0.1) is 11.3 Å². The van der Waals surface area contributed by atoms with Gasteiger partial charge in [-0.3, -0.25) is 14.4 Å². The van der Waals surface area contributed by atoms with Crippen LogP contribution in [0.5, 0.6) is 0 Å². The Morgan fingerprint density at radius 3 is 2.64 bits per heavy atom. The van der Waals surface area contributed by atoms with Gasteiger partial charge < -0.3 is 10.1 Å². The van der Waals surface area contributed by atoms with E-state index in [-0.39, 0.29) is 24.7 Å². The highest BCUT2D eigenvalue weighted by atomic mass is 35.5. The average Bonchev–Trinajstić information content (AvgIpc) is 3.03. The predicted octanol–water partition coefficient (Wildman–Crippen LogP) is 3.05. The van der Waals surface area contributed by atoms with Crippen molar-refractivity contribution in [2.24, 2.45) is 0 Å². The van der Waals surface area contributed by atoms with Crippen molar-refractivity contribution in [2.45, 2.75) is 19.8 Å². The molecule has 7 heteroatoms. The normalized spacial score (nSPS) is 10.3. The molecular weight excluding hydrogens is 362 g/mol. The Balaban J connectivity index is 1.80. The number of carbonyl (C=O) groups excluding carboxylic acids is 3. The van der Waals surface area contributed by atoms with Crippen LogP contribution in [0.4, 0.5) is 0 Å². The van der Waals surface area contributed by atoms with E-state index in [0.717, 1.165) is 4.88 Å². The van der Waals surface area contributed by atoms with E-state index in [1.54, 1.807) is 30.3 Å². The molecule has 0 fully saturated rings. The molecule has 0 spiro atoms. The SMILES string of the molecule is CC(=O)NCCc1ccc(C(=O)COC(=O)Cc2ccccc2Cl)s1. The number of hydrogen-bond donors (Lipinski definition) is 1. The summed E-state index contributed by atoms with van der Waals surface area (Å²) in [5.74, 6) is -0.828. The highest BCUT2D eigenvalue weighted by molar-refractivity contribution is 7.14. The molecule has 0 radical (unpaired) electrons. The lowest BCUT2D eigenvalue weighted by Gasteiger charge is -2.05. The number of hydrogen-bond acceptors (Lipinski definition) is 5. The van der Waals surface area contributed by atoms with Gasteiger partial charge in [-0.1, -0.05) is 29.8 Å². The maximum atomic E-state index is 12.1. The van der Waals surface area contributed by atoms with Gasteiger partial charge in [0.05, 0.1) is 11.3 Å². The van der Waals surface area contributed by atoms with E-state index in [2.05, 4.69) is 5.32 Å². The number of halogens is 1. The first-order valence-corrected chi connectivity index (χ1v) is 8.90. The van der Waals surface area contributed by atoms with Crippen molar-refractivity contribution in [3.63, 3.8) is 0 Å². The number of thiophene rings is 1. The third-order valence-corrected chi connectivity index (χ3v) is 4.89. The van der Waals surface area contributed by atoms with E-state index in [0.29, 0.717) is 28.4 Å². The Hall–Kier alpha value is -2.18. The van der Waals surface area contributed by atoms with E-state index in [9.17, 15) is 14.4 Å². The van der Waals surface area contributed by atoms with Gasteiger partial charge in [0.1, 0.15) is 0 Å². The van der Waals surface area contributed by atoms with Gasteiger partial charge >= 0.3 is 5.97 Å². The summed E-state index contributed by atoms with van der Waals surface area (Å²) in [6.07, 6.45) is 0.684. The largest absolute Gasteiger partial charge is 0.457 e. The van der Waals surface area contributed by atoms with E-state index in [4.69, 9.17) is 16.3 Å². The van der Waals surface area contributed by atoms with Crippen LogP contribution in [-0.2, 0) is 27.2 Å². The number of carbonyl (C=O) groups is 3. The lowest BCUT2D eigenvalue weighted by molar-refractivity contribution is -0.141. The fourth-order valence-corrected chi connectivity index (χ4v) is 3.22. The molecule has 5 nitrogen and oxygen atoms in total. The molecule has 1 heterocycles. The monoisotopic (exact) mass is 379 g/mol. The number of esters is 1. The van der Waals surface area contributed by atoms with Gasteiger partial charge in [0.25, 0.3) is 0 Å². The molecule has 0 unspecified atom stereocenters. The van der Waals surface area contributed by atoms with Gasteiger partial charge in [-0.05, 0) is 30.2 Å². The van der Waals surface area contributed by atoms with Crippen molar-refractivity contribution in [2.75, 3.05) is 13.2 Å². The fourth-order valence-electron chi connectivity index (χ4n) is 2.09. The molecule has 0 aliphatic carbocycles. The third kappa shape index (κ3) is 6.32. The van der Waals surface area contributed by atoms with Crippen molar-refractivity contribution in [1.29, 1.82) is 0 Å². The van der Waals surface area contributed by atoms with Crippen LogP contribution in [-0.4, -0.2) is 30.8 Å². The summed E-state index contributed by atoms with van der Waals surface area (Å²) in [6, 6.07) is 10.5. The summed E-state index contributed by atoms with van der Waals surface area (Å²) in [5, 5.41) is 3.20. The van der Waals surface area contributed by atoms with E-state index >= 15 is 0 Å². The predicted molar refractivity (Wildman–Crippen MR) is 97.2 cm³/mol. The molecule has 25 heavy (non-hydrogen) atoms. The standard InChI is InChI=1S/C18H18ClNO4S/c1-12(21)20-9-8-14-6-7-17(25-14)16(22)11-24-18(23)10-13-4-2-3-5-15(13)19/h2-7H,8-11H2,1H3,(H,20,21). The summed E-state index contributed by atoms with van der Waals surface area (Å²) in [7, 11) is 0. The van der Waals surface area contributed by atoms with Crippen LogP contribution in [0.15, 0.2) is 36.4 Å². The zero-order valence-electron chi connectivity index (χ0n) is 13.7. The van der Waals surface area contributed by atoms with Crippen molar-refractivity contribution < 1.29 is 19.1 Å². The van der Waals surface area contributed by atoms with Crippen molar-refractivity contribution in [1.82, 2.24) is 5.32 Å². The van der Waals surface area contributed by atoms with Crippen LogP contribution < -0.4 is 5.32 Å². The second kappa shape index (κ2) is 9.34. The number of amides is 1. The lowest BCUT2D eigenvalue weighted by atomic mass is 10.1. The Morgan fingerprint density at radius 1 is 1.16 bits per heavy atom. The minimum Gasteiger partial charge on any atom is -0.457 e. The van der Waals surface area contributed by atoms with E-state index < -0.39 is 5.97 Å². The van der Waals surface area contributed by atoms with Crippen LogP contribution in [0.3, 0.4) is 0 Å². The zero-order valence-corrected chi connectivity index (χ0v) is 15.3. The molecule has 2 aromatic rings. The summed E-state index contributed by atoms with van der Waals surface area (Å²) < 4.78 is 5.04. The van der Waals surface area contributed by atoms with Crippen molar-refractivity contribution in [3.05, 3.63) is 56.7 Å². The zero-order chi connectivity index (χ0) is 18.2. The highest BCUT2D eigenvalue weighted by Gasteiger charge is 2.14. The van der Waals surface area contributed by atoms with Gasteiger partial charge in [0.15, 0.2) is 6.61 Å². The van der Waals surface area contributed by atoms with Crippen LogP contribution in [0, 0.1) is 0 Å². The average molecular weight is 380 g/mol. The molecule has 0 bridgehead atoms. The molecule has 1 aromatic carbocycles. The summed E-state index contributed by atoms with van der Waals surface area (Å²) >= 11 is 7.33. The second-order valence-corrected chi connectivity index (χ2v) is 6.93. The molecule has 1 aromatic heterocycles. The number of nitrogens with one attached hydrogen (secondary N) is 1. The first-order chi connectivity index (χ1) is 12.0. The topological polar surface area (TPSA) is 72.5 Å². The van der Waals surface area contributed by atoms with Gasteiger partial charge in [-0.25, -0.2) is 0 Å².